The lowest BCUT2D eigenvalue weighted by atomic mass is 10.0. The van der Waals surface area contributed by atoms with Crippen molar-refractivity contribution < 1.29 is 22.7 Å². The van der Waals surface area contributed by atoms with Crippen molar-refractivity contribution in [2.45, 2.75) is 65.1 Å². The third-order valence-electron chi connectivity index (χ3n) is 7.38. The summed E-state index contributed by atoms with van der Waals surface area (Å²) < 4.78 is 32.1. The minimum atomic E-state index is -3.65. The van der Waals surface area contributed by atoms with Crippen LogP contribution in [0.2, 0.25) is 0 Å². The lowest BCUT2D eigenvalue weighted by molar-refractivity contribution is -0.141. The minimum Gasteiger partial charge on any atom is -0.495 e. The molecule has 42 heavy (non-hydrogen) atoms. The zero-order chi connectivity index (χ0) is 30.7. The smallest absolute Gasteiger partial charge is 0.243 e. The molecule has 0 bridgehead atoms. The number of para-hydroxylation sites is 2. The number of amides is 2. The van der Waals surface area contributed by atoms with Gasteiger partial charge in [0.15, 0.2) is 0 Å². The monoisotopic (exact) mass is 593 g/mol. The maximum Gasteiger partial charge on any atom is 0.243 e. The van der Waals surface area contributed by atoms with E-state index >= 15 is 0 Å². The molecule has 0 aliphatic heterocycles. The maximum absolute atomic E-state index is 14.0. The molecule has 0 saturated heterocycles. The van der Waals surface area contributed by atoms with Gasteiger partial charge in [-0.3, -0.25) is 13.9 Å². The van der Waals surface area contributed by atoms with E-state index in [1.807, 2.05) is 75.4 Å². The predicted octanol–water partition coefficient (Wildman–Crippen LogP) is 5.10. The molecule has 3 aromatic carbocycles. The van der Waals surface area contributed by atoms with Crippen LogP contribution in [0.15, 0.2) is 78.9 Å². The zero-order valence-corrected chi connectivity index (χ0v) is 26.1. The highest BCUT2D eigenvalue weighted by Crippen LogP contribution is 2.30. The van der Waals surface area contributed by atoms with Crippen LogP contribution in [0, 0.1) is 6.92 Å². The van der Waals surface area contributed by atoms with E-state index in [0.717, 1.165) is 29.4 Å². The number of benzene rings is 3. The fourth-order valence-corrected chi connectivity index (χ4v) is 5.75. The van der Waals surface area contributed by atoms with Crippen molar-refractivity contribution in [3.63, 3.8) is 0 Å². The molecule has 226 valence electrons. The van der Waals surface area contributed by atoms with Crippen molar-refractivity contribution in [3.8, 4) is 5.75 Å². The molecule has 0 saturated carbocycles. The van der Waals surface area contributed by atoms with E-state index < -0.39 is 16.1 Å². The number of carbonyl (C=O) groups excluding carboxylic acids is 2. The van der Waals surface area contributed by atoms with Crippen molar-refractivity contribution in [1.82, 2.24) is 10.2 Å². The summed E-state index contributed by atoms with van der Waals surface area (Å²) in [7, 11) is -2.16. The van der Waals surface area contributed by atoms with Crippen molar-refractivity contribution in [1.29, 1.82) is 0 Å². The SMILES string of the molecule is CC[C@@H](C)NC(=O)[C@@H](Cc1ccccc1)N(Cc1ccccc1C)C(=O)CCCN(c1ccccc1OC)S(C)(=O)=O. The highest BCUT2D eigenvalue weighted by atomic mass is 32.2. The fourth-order valence-electron chi connectivity index (χ4n) is 4.78. The van der Waals surface area contributed by atoms with Crippen LogP contribution in [0.5, 0.6) is 5.75 Å². The number of aryl methyl sites for hydroxylation is 1. The van der Waals surface area contributed by atoms with Gasteiger partial charge in [-0.2, -0.15) is 0 Å². The van der Waals surface area contributed by atoms with Gasteiger partial charge >= 0.3 is 0 Å². The van der Waals surface area contributed by atoms with Gasteiger partial charge in [-0.15, -0.1) is 0 Å². The van der Waals surface area contributed by atoms with Crippen LogP contribution in [0.1, 0.15) is 49.8 Å². The summed E-state index contributed by atoms with van der Waals surface area (Å²) in [5, 5.41) is 3.08. The Kier molecular flexibility index (Phi) is 12.0. The fraction of sp³-hybridized carbons (Fsp3) is 0.394. The molecule has 0 unspecified atom stereocenters. The number of ether oxygens (including phenoxy) is 1. The maximum atomic E-state index is 14.0. The Labute approximate surface area is 250 Å². The number of rotatable bonds is 15. The van der Waals surface area contributed by atoms with E-state index in [1.54, 1.807) is 29.2 Å². The summed E-state index contributed by atoms with van der Waals surface area (Å²) >= 11 is 0. The number of carbonyl (C=O) groups is 2. The molecule has 0 spiro atoms. The number of nitrogens with zero attached hydrogens (tertiary/aromatic N) is 2. The van der Waals surface area contributed by atoms with Crippen molar-refractivity contribution in [3.05, 3.63) is 95.6 Å². The molecule has 3 aromatic rings. The Hall–Kier alpha value is -3.85. The second-order valence-corrected chi connectivity index (χ2v) is 12.5. The van der Waals surface area contributed by atoms with Crippen LogP contribution in [-0.2, 0) is 32.6 Å². The van der Waals surface area contributed by atoms with E-state index in [-0.39, 0.29) is 43.8 Å². The minimum absolute atomic E-state index is 0.0460. The summed E-state index contributed by atoms with van der Waals surface area (Å²) in [6, 6.07) is 23.6. The summed E-state index contributed by atoms with van der Waals surface area (Å²) in [5.74, 6) is 0.00829. The third kappa shape index (κ3) is 9.08. The molecule has 2 atom stereocenters. The lowest BCUT2D eigenvalue weighted by Crippen LogP contribution is -2.52. The van der Waals surface area contributed by atoms with E-state index in [0.29, 0.717) is 17.9 Å². The molecular weight excluding hydrogens is 550 g/mol. The number of methoxy groups -OCH3 is 1. The van der Waals surface area contributed by atoms with Crippen LogP contribution < -0.4 is 14.4 Å². The number of sulfonamides is 1. The first-order chi connectivity index (χ1) is 20.0. The molecule has 0 aliphatic rings. The van der Waals surface area contributed by atoms with Crippen molar-refractivity contribution >= 4 is 27.5 Å². The van der Waals surface area contributed by atoms with Gasteiger partial charge in [0.1, 0.15) is 11.8 Å². The van der Waals surface area contributed by atoms with Crippen LogP contribution in [0.4, 0.5) is 5.69 Å². The molecule has 8 nitrogen and oxygen atoms in total. The number of anilines is 1. The second-order valence-electron chi connectivity index (χ2n) is 10.6. The Morgan fingerprint density at radius 3 is 2.24 bits per heavy atom. The lowest BCUT2D eigenvalue weighted by Gasteiger charge is -2.33. The zero-order valence-electron chi connectivity index (χ0n) is 25.2. The van der Waals surface area contributed by atoms with Gasteiger partial charge in [-0.25, -0.2) is 8.42 Å². The third-order valence-corrected chi connectivity index (χ3v) is 8.56. The van der Waals surface area contributed by atoms with Gasteiger partial charge in [-0.1, -0.05) is 73.7 Å². The Morgan fingerprint density at radius 2 is 1.60 bits per heavy atom. The van der Waals surface area contributed by atoms with Gasteiger partial charge in [0.2, 0.25) is 21.8 Å². The van der Waals surface area contributed by atoms with Gasteiger partial charge in [0.05, 0.1) is 19.1 Å². The molecule has 3 rings (SSSR count). The topological polar surface area (TPSA) is 96.0 Å². The van der Waals surface area contributed by atoms with Gasteiger partial charge in [0, 0.05) is 32.0 Å². The Bertz CT molecular complexity index is 1430. The average Bonchev–Trinajstić information content (AvgIpc) is 2.97. The summed E-state index contributed by atoms with van der Waals surface area (Å²) in [6.07, 6.45) is 2.59. The number of nitrogens with one attached hydrogen (secondary N) is 1. The quantitative estimate of drug-likeness (QED) is 0.264. The van der Waals surface area contributed by atoms with Gasteiger partial charge < -0.3 is 15.0 Å². The molecule has 9 heteroatoms. The Balaban J connectivity index is 1.91. The number of hydrogen-bond acceptors (Lipinski definition) is 5. The van der Waals surface area contributed by atoms with Crippen molar-refractivity contribution in [2.75, 3.05) is 24.2 Å². The van der Waals surface area contributed by atoms with E-state index in [9.17, 15) is 18.0 Å². The van der Waals surface area contributed by atoms with Gasteiger partial charge in [0.25, 0.3) is 0 Å². The summed E-state index contributed by atoms with van der Waals surface area (Å²) in [4.78, 5) is 29.3. The molecular formula is C33H43N3O5S. The molecule has 0 heterocycles. The summed E-state index contributed by atoms with van der Waals surface area (Å²) in [5.41, 5.74) is 3.34. The molecule has 1 N–H and O–H groups in total. The second kappa shape index (κ2) is 15.4. The number of hydrogen-bond donors (Lipinski definition) is 1. The largest absolute Gasteiger partial charge is 0.495 e. The molecule has 0 fully saturated rings. The molecule has 0 aromatic heterocycles. The van der Waals surface area contributed by atoms with Crippen LogP contribution in [0.25, 0.3) is 0 Å². The standard InChI is InChI=1S/C33H43N3O5S/c1-6-26(3)34-33(38)30(23-27-16-8-7-9-17-27)35(24-28-18-11-10-15-25(28)2)32(37)21-14-22-36(42(5,39)40)29-19-12-13-20-31(29)41-4/h7-13,15-20,26,30H,6,14,21-24H2,1-5H3,(H,34,38)/t26-,30-/m1/s1. The first-order valence-corrected chi connectivity index (χ1v) is 16.2. The first-order valence-electron chi connectivity index (χ1n) is 14.3. The predicted molar refractivity (Wildman–Crippen MR) is 168 cm³/mol. The van der Waals surface area contributed by atoms with E-state index in [2.05, 4.69) is 5.32 Å². The van der Waals surface area contributed by atoms with Crippen LogP contribution in [0.3, 0.4) is 0 Å². The highest BCUT2D eigenvalue weighted by Gasteiger charge is 2.31. The molecule has 0 radical (unpaired) electrons. The van der Waals surface area contributed by atoms with Crippen molar-refractivity contribution in [2.24, 2.45) is 0 Å². The normalized spacial score (nSPS) is 12.7. The molecule has 2 amide bonds. The average molecular weight is 594 g/mol. The van der Waals surface area contributed by atoms with Crippen LogP contribution in [-0.4, -0.2) is 57.1 Å². The van der Waals surface area contributed by atoms with E-state index in [1.165, 1.54) is 11.4 Å². The molecule has 0 aliphatic carbocycles. The van der Waals surface area contributed by atoms with Gasteiger partial charge in [-0.05, 0) is 55.5 Å². The highest BCUT2D eigenvalue weighted by molar-refractivity contribution is 7.92. The Morgan fingerprint density at radius 1 is 0.952 bits per heavy atom. The van der Waals surface area contributed by atoms with Crippen LogP contribution >= 0.6 is 0 Å². The first kappa shape index (κ1) is 32.7. The van der Waals surface area contributed by atoms with E-state index in [4.69, 9.17) is 4.74 Å². The summed E-state index contributed by atoms with van der Waals surface area (Å²) in [6.45, 7) is 6.29.